The molecule has 0 aromatic heterocycles. The van der Waals surface area contributed by atoms with Gasteiger partial charge in [0.05, 0.1) is 0 Å². The molecule has 4 rings (SSSR count). The number of esters is 1. The van der Waals surface area contributed by atoms with Gasteiger partial charge in [-0.3, -0.25) is 14.4 Å². The Labute approximate surface area is 166 Å². The van der Waals surface area contributed by atoms with Crippen molar-refractivity contribution in [3.63, 3.8) is 0 Å². The lowest BCUT2D eigenvalue weighted by atomic mass is 9.48. The van der Waals surface area contributed by atoms with Crippen molar-refractivity contribution in [3.8, 4) is 0 Å². The molecule has 0 aromatic rings. The van der Waals surface area contributed by atoms with Gasteiger partial charge in [-0.1, -0.05) is 25.5 Å². The van der Waals surface area contributed by atoms with E-state index in [4.69, 9.17) is 4.74 Å². The van der Waals surface area contributed by atoms with Gasteiger partial charge < -0.3 is 9.84 Å². The Morgan fingerprint density at radius 3 is 2.64 bits per heavy atom. The molecule has 0 amide bonds. The molecule has 0 aromatic carbocycles. The third-order valence-electron chi connectivity index (χ3n) is 8.88. The average molecular weight is 389 g/mol. The average Bonchev–Trinajstić information content (AvgIpc) is 2.94. The molecule has 154 valence electrons. The lowest BCUT2D eigenvalue weighted by molar-refractivity contribution is -0.183. The Morgan fingerprint density at radius 2 is 1.96 bits per heavy atom. The molecule has 28 heavy (non-hydrogen) atoms. The van der Waals surface area contributed by atoms with Gasteiger partial charge in [-0.25, -0.2) is 0 Å². The Hall–Kier alpha value is -1.49. The lowest BCUT2D eigenvalue weighted by Crippen LogP contribution is -2.58. The van der Waals surface area contributed by atoms with Crippen LogP contribution in [0.2, 0.25) is 0 Å². The molecular formula is C23H32O5. The van der Waals surface area contributed by atoms with E-state index in [2.05, 4.69) is 19.9 Å². The zero-order chi connectivity index (χ0) is 20.3. The monoisotopic (exact) mass is 388 g/mol. The van der Waals surface area contributed by atoms with Gasteiger partial charge in [0.1, 0.15) is 12.4 Å². The summed E-state index contributed by atoms with van der Waals surface area (Å²) >= 11 is 0. The number of allylic oxidation sites excluding steroid dienone is 2. The van der Waals surface area contributed by atoms with Crippen LogP contribution in [0.3, 0.4) is 0 Å². The van der Waals surface area contributed by atoms with Crippen molar-refractivity contribution >= 4 is 17.5 Å². The minimum Gasteiger partial charge on any atom is -0.451 e. The highest BCUT2D eigenvalue weighted by molar-refractivity contribution is 5.92. The van der Waals surface area contributed by atoms with Crippen LogP contribution in [0.15, 0.2) is 11.6 Å². The normalized spacial score (nSPS) is 44.8. The van der Waals surface area contributed by atoms with Gasteiger partial charge in [-0.2, -0.15) is 0 Å². The van der Waals surface area contributed by atoms with Crippen LogP contribution in [0.1, 0.15) is 72.1 Å². The smallest absolute Gasteiger partial charge is 0.303 e. The van der Waals surface area contributed by atoms with Crippen molar-refractivity contribution in [3.05, 3.63) is 11.6 Å². The summed E-state index contributed by atoms with van der Waals surface area (Å²) in [7, 11) is 0. The SMILES string of the molecule is CC(=O)O[C@@]1(C(=O)CO)CC[C@H]2[C@@H]3CC[C@H]4CC(=O)CC[C@]4(C)C3=CC[C@@]21C. The van der Waals surface area contributed by atoms with E-state index in [0.717, 1.165) is 25.7 Å². The first kappa shape index (κ1) is 19.8. The second-order valence-electron chi connectivity index (χ2n) is 9.97. The molecule has 0 radical (unpaired) electrons. The highest BCUT2D eigenvalue weighted by atomic mass is 16.6. The zero-order valence-corrected chi connectivity index (χ0v) is 17.3. The fourth-order valence-electron chi connectivity index (χ4n) is 7.37. The number of Topliss-reactive ketones (excluding diaryl/α,β-unsaturated/α-hetero) is 2. The van der Waals surface area contributed by atoms with Crippen LogP contribution in [-0.2, 0) is 19.1 Å². The molecule has 6 atom stereocenters. The topological polar surface area (TPSA) is 80.7 Å². The number of aliphatic hydroxyl groups is 1. The van der Waals surface area contributed by atoms with Crippen molar-refractivity contribution < 1.29 is 24.2 Å². The quantitative estimate of drug-likeness (QED) is 0.592. The third kappa shape index (κ3) is 2.51. The van der Waals surface area contributed by atoms with Crippen LogP contribution >= 0.6 is 0 Å². The molecule has 5 nitrogen and oxygen atoms in total. The molecule has 0 aliphatic heterocycles. The second kappa shape index (κ2) is 6.51. The van der Waals surface area contributed by atoms with Gasteiger partial charge in [-0.15, -0.1) is 0 Å². The third-order valence-corrected chi connectivity index (χ3v) is 8.88. The standard InChI is InChI=1S/C23H32O5/c1-14(25)28-23(20(27)13-24)11-8-19-17-5-4-15-12-16(26)6-9-21(15,2)18(17)7-10-22(19,23)3/h7,15,17,19,24H,4-6,8-13H2,1-3H3/t15-,17+,19-,21-,22-,23+/m0/s1. The highest BCUT2D eigenvalue weighted by Crippen LogP contribution is 2.67. The van der Waals surface area contributed by atoms with E-state index in [0.29, 0.717) is 43.3 Å². The number of rotatable bonds is 3. The van der Waals surface area contributed by atoms with Gasteiger partial charge in [0, 0.05) is 25.2 Å². The van der Waals surface area contributed by atoms with E-state index in [1.54, 1.807) is 0 Å². The molecule has 0 bridgehead atoms. The lowest BCUT2D eigenvalue weighted by Gasteiger charge is -2.56. The maximum absolute atomic E-state index is 12.8. The fourth-order valence-corrected chi connectivity index (χ4v) is 7.37. The largest absolute Gasteiger partial charge is 0.451 e. The number of hydrogen-bond acceptors (Lipinski definition) is 5. The number of fused-ring (bicyclic) bond motifs is 5. The van der Waals surface area contributed by atoms with Gasteiger partial charge in [0.25, 0.3) is 0 Å². The van der Waals surface area contributed by atoms with E-state index in [9.17, 15) is 19.5 Å². The molecule has 1 N–H and O–H groups in total. The van der Waals surface area contributed by atoms with Crippen molar-refractivity contribution in [2.24, 2.45) is 28.6 Å². The number of carbonyl (C=O) groups is 3. The van der Waals surface area contributed by atoms with Crippen LogP contribution in [0, 0.1) is 28.6 Å². The number of hydrogen-bond donors (Lipinski definition) is 1. The van der Waals surface area contributed by atoms with Gasteiger partial charge in [0.2, 0.25) is 5.78 Å². The van der Waals surface area contributed by atoms with Gasteiger partial charge >= 0.3 is 5.97 Å². The summed E-state index contributed by atoms with van der Waals surface area (Å²) in [5.41, 5.74) is -0.152. The predicted molar refractivity (Wildman–Crippen MR) is 103 cm³/mol. The van der Waals surface area contributed by atoms with Gasteiger partial charge in [0.15, 0.2) is 5.60 Å². The van der Waals surface area contributed by atoms with Gasteiger partial charge in [-0.05, 0) is 61.7 Å². The summed E-state index contributed by atoms with van der Waals surface area (Å²) in [4.78, 5) is 36.7. The van der Waals surface area contributed by atoms with E-state index in [1.165, 1.54) is 12.5 Å². The van der Waals surface area contributed by atoms with Crippen LogP contribution in [-0.4, -0.2) is 34.9 Å². The molecule has 0 unspecified atom stereocenters. The van der Waals surface area contributed by atoms with Crippen LogP contribution < -0.4 is 0 Å². The number of carbonyl (C=O) groups excluding carboxylic acids is 3. The fraction of sp³-hybridized carbons (Fsp3) is 0.783. The molecule has 3 fully saturated rings. The summed E-state index contributed by atoms with van der Waals surface area (Å²) in [6.07, 6.45) is 8.67. The van der Waals surface area contributed by atoms with E-state index >= 15 is 0 Å². The summed E-state index contributed by atoms with van der Waals surface area (Å²) in [5, 5.41) is 9.64. The maximum Gasteiger partial charge on any atom is 0.303 e. The molecule has 3 saturated carbocycles. The minimum absolute atomic E-state index is 0.0752. The van der Waals surface area contributed by atoms with Crippen molar-refractivity contribution in [1.29, 1.82) is 0 Å². The zero-order valence-electron chi connectivity index (χ0n) is 17.3. The summed E-state index contributed by atoms with van der Waals surface area (Å²) in [6, 6.07) is 0. The first-order chi connectivity index (χ1) is 13.2. The molecule has 5 heteroatoms. The molecule has 0 heterocycles. The van der Waals surface area contributed by atoms with E-state index < -0.39 is 23.6 Å². The number of ketones is 2. The first-order valence-electron chi connectivity index (χ1n) is 10.7. The molecule has 4 aliphatic carbocycles. The van der Waals surface area contributed by atoms with Crippen LogP contribution in [0.4, 0.5) is 0 Å². The van der Waals surface area contributed by atoms with Crippen molar-refractivity contribution in [2.45, 2.75) is 77.7 Å². The Morgan fingerprint density at radius 1 is 1.21 bits per heavy atom. The van der Waals surface area contributed by atoms with E-state index in [1.807, 2.05) is 0 Å². The Balaban J connectivity index is 1.74. The summed E-state index contributed by atoms with van der Waals surface area (Å²) in [6.45, 7) is 5.16. The number of aliphatic hydroxyl groups excluding tert-OH is 1. The van der Waals surface area contributed by atoms with Crippen molar-refractivity contribution in [1.82, 2.24) is 0 Å². The molecule has 0 spiro atoms. The predicted octanol–water partition coefficient (Wildman–Crippen LogP) is 3.38. The Bertz CT molecular complexity index is 754. The summed E-state index contributed by atoms with van der Waals surface area (Å²) < 4.78 is 5.73. The van der Waals surface area contributed by atoms with Crippen molar-refractivity contribution in [2.75, 3.05) is 6.61 Å². The highest BCUT2D eigenvalue weighted by Gasteiger charge is 2.67. The van der Waals surface area contributed by atoms with Crippen LogP contribution in [0.25, 0.3) is 0 Å². The molecular weight excluding hydrogens is 356 g/mol. The molecule has 0 saturated heterocycles. The summed E-state index contributed by atoms with van der Waals surface area (Å²) in [5.74, 6) is 0.632. The minimum atomic E-state index is -1.22. The maximum atomic E-state index is 12.8. The number of ether oxygens (including phenoxy) is 1. The second-order valence-corrected chi connectivity index (χ2v) is 9.97. The Kier molecular flexibility index (Phi) is 4.61. The molecule has 4 aliphatic rings. The first-order valence-corrected chi connectivity index (χ1v) is 10.7. The van der Waals surface area contributed by atoms with Crippen LogP contribution in [0.5, 0.6) is 0 Å². The van der Waals surface area contributed by atoms with E-state index in [-0.39, 0.29) is 17.1 Å².